The molecule has 35 heavy (non-hydrogen) atoms. The van der Waals surface area contributed by atoms with Crippen LogP contribution in [0.4, 0.5) is 0 Å². The molecule has 0 aliphatic carbocycles. The molecular weight excluding hydrogens is 472 g/mol. The van der Waals surface area contributed by atoms with E-state index in [1.807, 2.05) is 24.3 Å². The number of nitrogens with zero attached hydrogens (tertiary/aromatic N) is 1. The zero-order chi connectivity index (χ0) is 24.4. The normalized spacial score (nSPS) is 16.7. The molecule has 11 heteroatoms. The van der Waals surface area contributed by atoms with Crippen LogP contribution in [0.1, 0.15) is 18.4 Å². The number of benzene rings is 2. The number of rotatable bonds is 5. The third kappa shape index (κ3) is 4.82. The van der Waals surface area contributed by atoms with Crippen LogP contribution in [0, 0.1) is 5.92 Å². The van der Waals surface area contributed by atoms with E-state index in [1.165, 1.54) is 16.4 Å². The molecule has 5 rings (SSSR count). The highest BCUT2D eigenvalue weighted by atomic mass is 32.2. The third-order valence-corrected chi connectivity index (χ3v) is 8.22. The van der Waals surface area contributed by atoms with Crippen LogP contribution in [0.15, 0.2) is 53.6 Å². The standard InChI is InChI=1S/C24H26N4O6S/c29-23(13-17-15-25-20-4-2-1-3-19(17)20)26-27-24(30)16-7-9-28(10-8-16)35(31,32)18-5-6-21-22(14-18)34-12-11-33-21/h1-6,14-16,25H,7-13H2,(H,26,29)(H,27,30). The first-order chi connectivity index (χ1) is 16.9. The quantitative estimate of drug-likeness (QED) is 0.460. The van der Waals surface area contributed by atoms with Gasteiger partial charge in [0, 0.05) is 42.2 Å². The number of aromatic nitrogens is 1. The van der Waals surface area contributed by atoms with Crippen LogP contribution >= 0.6 is 0 Å². The van der Waals surface area contributed by atoms with Crippen molar-refractivity contribution in [3.05, 3.63) is 54.2 Å². The Bertz CT molecular complexity index is 1360. The number of nitrogens with one attached hydrogen (secondary N) is 3. The number of piperidine rings is 1. The second kappa shape index (κ2) is 9.59. The summed E-state index contributed by atoms with van der Waals surface area (Å²) in [6.07, 6.45) is 2.61. The lowest BCUT2D eigenvalue weighted by Crippen LogP contribution is -2.48. The van der Waals surface area contributed by atoms with E-state index < -0.39 is 15.9 Å². The molecule has 3 heterocycles. The van der Waals surface area contributed by atoms with Gasteiger partial charge in [0.1, 0.15) is 13.2 Å². The average Bonchev–Trinajstić information content (AvgIpc) is 3.29. The van der Waals surface area contributed by atoms with Crippen molar-refractivity contribution in [3.8, 4) is 11.5 Å². The number of hydrazine groups is 1. The number of H-pyrrole nitrogens is 1. The number of carbonyl (C=O) groups is 2. The molecular formula is C24H26N4O6S. The van der Waals surface area contributed by atoms with E-state index in [1.54, 1.807) is 12.3 Å². The Labute approximate surface area is 202 Å². The van der Waals surface area contributed by atoms with Gasteiger partial charge in [-0.2, -0.15) is 4.31 Å². The maximum Gasteiger partial charge on any atom is 0.243 e. The van der Waals surface area contributed by atoms with Gasteiger partial charge in [-0.25, -0.2) is 8.42 Å². The molecule has 2 aliphatic rings. The Kier molecular flexibility index (Phi) is 6.35. The summed E-state index contributed by atoms with van der Waals surface area (Å²) in [4.78, 5) is 28.2. The highest BCUT2D eigenvalue weighted by Crippen LogP contribution is 2.34. The van der Waals surface area contributed by atoms with Crippen LogP contribution in [0.2, 0.25) is 0 Å². The van der Waals surface area contributed by atoms with Crippen molar-refractivity contribution < 1.29 is 27.5 Å². The number of hydrogen-bond donors (Lipinski definition) is 3. The number of ether oxygens (including phenoxy) is 2. The number of fused-ring (bicyclic) bond motifs is 2. The first-order valence-electron chi connectivity index (χ1n) is 11.5. The van der Waals surface area contributed by atoms with E-state index >= 15 is 0 Å². The minimum Gasteiger partial charge on any atom is -0.486 e. The van der Waals surface area contributed by atoms with Gasteiger partial charge in [-0.1, -0.05) is 18.2 Å². The fourth-order valence-corrected chi connectivity index (χ4v) is 5.91. The van der Waals surface area contributed by atoms with Gasteiger partial charge in [0.2, 0.25) is 21.8 Å². The number of para-hydroxylation sites is 1. The molecule has 0 radical (unpaired) electrons. The van der Waals surface area contributed by atoms with Crippen LogP contribution in [0.3, 0.4) is 0 Å². The zero-order valence-corrected chi connectivity index (χ0v) is 19.8. The summed E-state index contributed by atoms with van der Waals surface area (Å²) in [5, 5.41) is 0.959. The molecule has 1 aromatic heterocycles. The minimum atomic E-state index is -3.72. The van der Waals surface area contributed by atoms with Crippen molar-refractivity contribution in [2.45, 2.75) is 24.2 Å². The number of amides is 2. The number of carbonyl (C=O) groups excluding carboxylic acids is 2. The van der Waals surface area contributed by atoms with Crippen molar-refractivity contribution in [3.63, 3.8) is 0 Å². The van der Waals surface area contributed by atoms with Gasteiger partial charge in [-0.15, -0.1) is 0 Å². The Balaban J connectivity index is 1.13. The number of aromatic amines is 1. The smallest absolute Gasteiger partial charge is 0.243 e. The molecule has 2 amide bonds. The van der Waals surface area contributed by atoms with E-state index in [0.29, 0.717) is 37.6 Å². The molecule has 184 valence electrons. The summed E-state index contributed by atoms with van der Waals surface area (Å²) in [5.41, 5.74) is 6.73. The highest BCUT2D eigenvalue weighted by Gasteiger charge is 2.33. The fraction of sp³-hybridized carbons (Fsp3) is 0.333. The largest absolute Gasteiger partial charge is 0.486 e. The van der Waals surface area contributed by atoms with Gasteiger partial charge in [0.25, 0.3) is 0 Å². The predicted molar refractivity (Wildman–Crippen MR) is 127 cm³/mol. The molecule has 10 nitrogen and oxygen atoms in total. The first kappa shape index (κ1) is 23.2. The Morgan fingerprint density at radius 1 is 1.00 bits per heavy atom. The van der Waals surface area contributed by atoms with Crippen LogP contribution in [0.25, 0.3) is 10.9 Å². The molecule has 0 saturated carbocycles. The van der Waals surface area contributed by atoms with Crippen LogP contribution in [-0.4, -0.2) is 55.8 Å². The van der Waals surface area contributed by atoms with Crippen LogP contribution in [-0.2, 0) is 26.0 Å². The highest BCUT2D eigenvalue weighted by molar-refractivity contribution is 7.89. The molecule has 0 atom stereocenters. The van der Waals surface area contributed by atoms with Crippen molar-refractivity contribution >= 4 is 32.7 Å². The lowest BCUT2D eigenvalue weighted by molar-refractivity contribution is -0.131. The van der Waals surface area contributed by atoms with E-state index in [4.69, 9.17) is 9.47 Å². The molecule has 3 aromatic rings. The maximum atomic E-state index is 13.1. The first-order valence-corrected chi connectivity index (χ1v) is 12.9. The van der Waals surface area contributed by atoms with Crippen molar-refractivity contribution in [1.82, 2.24) is 20.1 Å². The summed E-state index contributed by atoms with van der Waals surface area (Å²) < 4.78 is 38.5. The summed E-state index contributed by atoms with van der Waals surface area (Å²) in [6.45, 7) is 1.21. The summed E-state index contributed by atoms with van der Waals surface area (Å²) in [6, 6.07) is 12.3. The summed E-state index contributed by atoms with van der Waals surface area (Å²) >= 11 is 0. The van der Waals surface area contributed by atoms with E-state index in [2.05, 4.69) is 15.8 Å². The second-order valence-corrected chi connectivity index (χ2v) is 10.5. The van der Waals surface area contributed by atoms with Gasteiger partial charge >= 0.3 is 0 Å². The second-order valence-electron chi connectivity index (χ2n) is 8.56. The molecule has 2 aromatic carbocycles. The summed E-state index contributed by atoms with van der Waals surface area (Å²) in [7, 11) is -3.72. The van der Waals surface area contributed by atoms with Crippen LogP contribution in [0.5, 0.6) is 11.5 Å². The van der Waals surface area contributed by atoms with Crippen molar-refractivity contribution in [1.29, 1.82) is 0 Å². The molecule has 3 N–H and O–H groups in total. The molecule has 1 fully saturated rings. The monoisotopic (exact) mass is 498 g/mol. The van der Waals surface area contributed by atoms with E-state index in [9.17, 15) is 18.0 Å². The summed E-state index contributed by atoms with van der Waals surface area (Å²) in [5.74, 6) is -0.113. The van der Waals surface area contributed by atoms with Gasteiger partial charge in [0.15, 0.2) is 11.5 Å². The Hall–Kier alpha value is -3.57. The molecule has 0 bridgehead atoms. The van der Waals surface area contributed by atoms with Crippen LogP contribution < -0.4 is 20.3 Å². The van der Waals surface area contributed by atoms with E-state index in [-0.39, 0.29) is 36.2 Å². The van der Waals surface area contributed by atoms with Crippen molar-refractivity contribution in [2.75, 3.05) is 26.3 Å². The van der Waals surface area contributed by atoms with E-state index in [0.717, 1.165) is 16.5 Å². The van der Waals surface area contributed by atoms with Crippen molar-refractivity contribution in [2.24, 2.45) is 5.92 Å². The lowest BCUT2D eigenvalue weighted by Gasteiger charge is -2.30. The predicted octanol–water partition coefficient (Wildman–Crippen LogP) is 1.73. The van der Waals surface area contributed by atoms with Gasteiger partial charge in [0.05, 0.1) is 11.3 Å². The molecule has 0 unspecified atom stereocenters. The Morgan fingerprint density at radius 2 is 1.74 bits per heavy atom. The SMILES string of the molecule is O=C(Cc1c[nH]c2ccccc12)NNC(=O)C1CCN(S(=O)(=O)c2ccc3c(c2)OCCO3)CC1. The molecule has 0 spiro atoms. The topological polar surface area (TPSA) is 130 Å². The average molecular weight is 499 g/mol. The van der Waals surface area contributed by atoms with Gasteiger partial charge in [-0.05, 0) is 36.6 Å². The third-order valence-electron chi connectivity index (χ3n) is 6.33. The number of hydrogen-bond acceptors (Lipinski definition) is 6. The van der Waals surface area contributed by atoms with Gasteiger partial charge in [-0.3, -0.25) is 20.4 Å². The maximum absolute atomic E-state index is 13.1. The fourth-order valence-electron chi connectivity index (χ4n) is 4.42. The molecule has 1 saturated heterocycles. The lowest BCUT2D eigenvalue weighted by atomic mass is 9.98. The number of sulfonamides is 1. The zero-order valence-electron chi connectivity index (χ0n) is 19.0. The minimum absolute atomic E-state index is 0.122. The Morgan fingerprint density at radius 3 is 2.54 bits per heavy atom. The van der Waals surface area contributed by atoms with Gasteiger partial charge < -0.3 is 14.5 Å². The molecule has 2 aliphatic heterocycles.